The predicted octanol–water partition coefficient (Wildman–Crippen LogP) is 3.44. The summed E-state index contributed by atoms with van der Waals surface area (Å²) in [6, 6.07) is 9.24. The summed E-state index contributed by atoms with van der Waals surface area (Å²) in [6.07, 6.45) is 0.262. The van der Waals surface area contributed by atoms with Crippen LogP contribution in [0.1, 0.15) is 22.8 Å². The number of aromatic nitrogens is 1. The molecule has 24 heavy (non-hydrogen) atoms. The van der Waals surface area contributed by atoms with Crippen LogP contribution in [-0.2, 0) is 9.53 Å². The zero-order valence-electron chi connectivity index (χ0n) is 12.4. The molecule has 0 fully saturated rings. The van der Waals surface area contributed by atoms with Crippen LogP contribution in [-0.4, -0.2) is 23.0 Å². The lowest BCUT2D eigenvalue weighted by Gasteiger charge is -2.13. The van der Waals surface area contributed by atoms with Crippen LogP contribution < -0.4 is 5.32 Å². The molecule has 0 aliphatic carbocycles. The van der Waals surface area contributed by atoms with E-state index in [1.54, 1.807) is 0 Å². The number of carbonyl (C=O) groups excluding carboxylic acids is 2. The molecular formula is C16H11Cl2N3O3. The first-order chi connectivity index (χ1) is 11.4. The van der Waals surface area contributed by atoms with Crippen LogP contribution in [0.5, 0.6) is 0 Å². The molecule has 0 saturated heterocycles. The van der Waals surface area contributed by atoms with E-state index < -0.39 is 18.0 Å². The van der Waals surface area contributed by atoms with Crippen molar-refractivity contribution in [2.45, 2.75) is 13.0 Å². The molecule has 0 bridgehead atoms. The summed E-state index contributed by atoms with van der Waals surface area (Å²) in [5, 5.41) is 11.7. The largest absolute Gasteiger partial charge is 0.449 e. The van der Waals surface area contributed by atoms with Gasteiger partial charge in [-0.1, -0.05) is 23.2 Å². The quantitative estimate of drug-likeness (QED) is 0.839. The van der Waals surface area contributed by atoms with Crippen LogP contribution in [0, 0.1) is 11.3 Å². The molecule has 2 aromatic rings. The molecule has 1 N–H and O–H groups in total. The Morgan fingerprint density at radius 1 is 1.29 bits per heavy atom. The third kappa shape index (κ3) is 4.44. The molecule has 0 aliphatic heterocycles. The first kappa shape index (κ1) is 17.7. The van der Waals surface area contributed by atoms with Crippen LogP contribution in [0.2, 0.25) is 10.0 Å². The highest BCUT2D eigenvalue weighted by Gasteiger charge is 2.20. The van der Waals surface area contributed by atoms with Gasteiger partial charge in [-0.2, -0.15) is 5.26 Å². The van der Waals surface area contributed by atoms with Gasteiger partial charge in [-0.05, 0) is 37.3 Å². The number of hydrogen-bond donors (Lipinski definition) is 1. The van der Waals surface area contributed by atoms with Crippen LogP contribution >= 0.6 is 23.2 Å². The number of halogens is 2. The van der Waals surface area contributed by atoms with Gasteiger partial charge in [0, 0.05) is 6.20 Å². The number of esters is 1. The maximum atomic E-state index is 12.1. The molecule has 1 atom stereocenters. The number of carbonyl (C=O) groups is 2. The number of nitriles is 1. The Morgan fingerprint density at radius 3 is 2.54 bits per heavy atom. The minimum absolute atomic E-state index is 0.118. The number of nitrogens with zero attached hydrogens (tertiary/aromatic N) is 2. The van der Waals surface area contributed by atoms with Crippen molar-refractivity contribution in [3.63, 3.8) is 0 Å². The fourth-order valence-electron chi connectivity index (χ4n) is 1.69. The molecule has 2 rings (SSSR count). The van der Waals surface area contributed by atoms with Gasteiger partial charge in [0.2, 0.25) is 0 Å². The van der Waals surface area contributed by atoms with Gasteiger partial charge in [0.1, 0.15) is 0 Å². The van der Waals surface area contributed by atoms with Crippen molar-refractivity contribution in [3.05, 3.63) is 57.7 Å². The Labute approximate surface area is 148 Å². The summed E-state index contributed by atoms with van der Waals surface area (Å²) in [4.78, 5) is 27.9. The minimum Gasteiger partial charge on any atom is -0.449 e. The van der Waals surface area contributed by atoms with Gasteiger partial charge in [0.15, 0.2) is 11.9 Å². The topological polar surface area (TPSA) is 92.1 Å². The maximum absolute atomic E-state index is 12.1. The number of amides is 1. The molecule has 0 spiro atoms. The van der Waals surface area contributed by atoms with Crippen molar-refractivity contribution in [3.8, 4) is 6.07 Å². The summed E-state index contributed by atoms with van der Waals surface area (Å²) in [5.41, 5.74) is 0.650. The Bertz CT molecular complexity index is 816. The van der Waals surface area contributed by atoms with Crippen molar-refractivity contribution in [1.29, 1.82) is 5.26 Å². The summed E-state index contributed by atoms with van der Waals surface area (Å²) in [6.45, 7) is 1.42. The maximum Gasteiger partial charge on any atom is 0.338 e. The van der Waals surface area contributed by atoms with Crippen molar-refractivity contribution in [1.82, 2.24) is 4.98 Å². The van der Waals surface area contributed by atoms with Crippen molar-refractivity contribution < 1.29 is 14.3 Å². The lowest BCUT2D eigenvalue weighted by molar-refractivity contribution is -0.123. The predicted molar refractivity (Wildman–Crippen MR) is 88.9 cm³/mol. The zero-order valence-corrected chi connectivity index (χ0v) is 13.9. The van der Waals surface area contributed by atoms with Crippen molar-refractivity contribution in [2.75, 3.05) is 5.32 Å². The second-order valence-electron chi connectivity index (χ2n) is 4.71. The molecule has 0 saturated carbocycles. The summed E-state index contributed by atoms with van der Waals surface area (Å²) < 4.78 is 5.08. The Hall–Kier alpha value is -2.62. The number of pyridine rings is 1. The summed E-state index contributed by atoms with van der Waals surface area (Å²) in [7, 11) is 0. The lowest BCUT2D eigenvalue weighted by atomic mass is 10.1. The molecule has 0 unspecified atom stereocenters. The van der Waals surface area contributed by atoms with Gasteiger partial charge in [-0.3, -0.25) is 4.79 Å². The second kappa shape index (κ2) is 7.77. The number of rotatable bonds is 4. The van der Waals surface area contributed by atoms with Crippen molar-refractivity contribution in [2.24, 2.45) is 0 Å². The lowest BCUT2D eigenvalue weighted by Crippen LogP contribution is -2.30. The Balaban J connectivity index is 2.00. The molecule has 8 heteroatoms. The van der Waals surface area contributed by atoms with Crippen LogP contribution in [0.3, 0.4) is 0 Å². The van der Waals surface area contributed by atoms with E-state index in [0.29, 0.717) is 10.6 Å². The molecule has 122 valence electrons. The summed E-state index contributed by atoms with van der Waals surface area (Å²) >= 11 is 11.6. The molecule has 0 radical (unpaired) electrons. The van der Waals surface area contributed by atoms with Crippen LogP contribution in [0.25, 0.3) is 0 Å². The van der Waals surface area contributed by atoms with E-state index in [2.05, 4.69) is 10.3 Å². The van der Waals surface area contributed by atoms with Gasteiger partial charge in [0.25, 0.3) is 5.91 Å². The zero-order chi connectivity index (χ0) is 17.7. The monoisotopic (exact) mass is 363 g/mol. The molecule has 1 heterocycles. The number of ether oxygens (including phenoxy) is 1. The molecule has 1 aromatic heterocycles. The minimum atomic E-state index is -1.07. The third-order valence-electron chi connectivity index (χ3n) is 2.95. The van der Waals surface area contributed by atoms with Crippen molar-refractivity contribution >= 4 is 40.9 Å². The average molecular weight is 364 g/mol. The Kier molecular flexibility index (Phi) is 5.74. The smallest absolute Gasteiger partial charge is 0.338 e. The number of hydrogen-bond acceptors (Lipinski definition) is 5. The van der Waals surface area contributed by atoms with Gasteiger partial charge in [0.05, 0.1) is 27.2 Å². The highest BCUT2D eigenvalue weighted by molar-refractivity contribution is 6.36. The fourth-order valence-corrected chi connectivity index (χ4v) is 2.12. The second-order valence-corrected chi connectivity index (χ2v) is 5.55. The van der Waals surface area contributed by atoms with E-state index in [0.717, 1.165) is 0 Å². The van der Waals surface area contributed by atoms with Gasteiger partial charge < -0.3 is 10.1 Å². The normalized spacial score (nSPS) is 11.2. The van der Waals surface area contributed by atoms with Gasteiger partial charge in [-0.15, -0.1) is 0 Å². The summed E-state index contributed by atoms with van der Waals surface area (Å²) in [5.74, 6) is -1.15. The Morgan fingerprint density at radius 2 is 1.96 bits per heavy atom. The van der Waals surface area contributed by atoms with E-state index in [9.17, 15) is 9.59 Å². The number of benzene rings is 1. The number of nitrogens with one attached hydrogen (secondary N) is 1. The number of anilines is 1. The fraction of sp³-hybridized carbons (Fsp3) is 0.125. The van der Waals surface area contributed by atoms with E-state index in [1.807, 2.05) is 6.07 Å². The average Bonchev–Trinajstić information content (AvgIpc) is 2.57. The molecule has 1 amide bonds. The van der Waals surface area contributed by atoms with Crippen LogP contribution in [0.15, 0.2) is 36.5 Å². The first-order valence-electron chi connectivity index (χ1n) is 6.73. The molecular weight excluding hydrogens is 353 g/mol. The van der Waals surface area contributed by atoms with E-state index in [-0.39, 0.29) is 16.4 Å². The van der Waals surface area contributed by atoms with E-state index in [1.165, 1.54) is 43.5 Å². The van der Waals surface area contributed by atoms with E-state index >= 15 is 0 Å². The standard InChI is InChI=1S/C16H11Cl2N3O3/c1-9(15(22)21-14-13(18)6-12(17)8-20-14)24-16(23)11-4-2-10(7-19)3-5-11/h2-6,8-9H,1H3,(H,20,21,22)/t9-/m1/s1. The van der Waals surface area contributed by atoms with E-state index in [4.69, 9.17) is 33.2 Å². The third-order valence-corrected chi connectivity index (χ3v) is 3.45. The van der Waals surface area contributed by atoms with Gasteiger partial charge >= 0.3 is 5.97 Å². The SMILES string of the molecule is C[C@@H](OC(=O)c1ccc(C#N)cc1)C(=O)Nc1ncc(Cl)cc1Cl. The highest BCUT2D eigenvalue weighted by Crippen LogP contribution is 2.22. The van der Waals surface area contributed by atoms with Gasteiger partial charge in [-0.25, -0.2) is 9.78 Å². The van der Waals surface area contributed by atoms with Crippen LogP contribution in [0.4, 0.5) is 5.82 Å². The molecule has 1 aromatic carbocycles. The molecule has 6 nitrogen and oxygen atoms in total. The highest BCUT2D eigenvalue weighted by atomic mass is 35.5. The first-order valence-corrected chi connectivity index (χ1v) is 7.49. The molecule has 0 aliphatic rings.